The zero-order valence-corrected chi connectivity index (χ0v) is 22.9. The third-order valence-electron chi connectivity index (χ3n) is 5.79. The molecule has 9 nitrogen and oxygen atoms in total. The first-order chi connectivity index (χ1) is 18.4. The second kappa shape index (κ2) is 11.5. The number of benzene rings is 2. The van der Waals surface area contributed by atoms with Crippen LogP contribution in [0, 0.1) is 0 Å². The molecular formula is C26H25ClN6O3S2. The van der Waals surface area contributed by atoms with Gasteiger partial charge in [-0.3, -0.25) is 4.68 Å². The molecule has 2 N–H and O–H groups in total. The molecule has 3 aromatic heterocycles. The summed E-state index contributed by atoms with van der Waals surface area (Å²) in [4.78, 5) is 9.54. The molecule has 0 aliphatic rings. The minimum Gasteiger partial charge on any atom is -0.497 e. The quantitative estimate of drug-likeness (QED) is 0.234. The molecule has 0 saturated carbocycles. The summed E-state index contributed by atoms with van der Waals surface area (Å²) in [5, 5.41) is 11.7. The van der Waals surface area contributed by atoms with E-state index in [-0.39, 0.29) is 11.4 Å². The molecule has 0 aliphatic heterocycles. The van der Waals surface area contributed by atoms with Crippen molar-refractivity contribution < 1.29 is 13.2 Å². The van der Waals surface area contributed by atoms with Gasteiger partial charge in [-0.1, -0.05) is 11.6 Å². The number of fused-ring (bicyclic) bond motifs is 1. The summed E-state index contributed by atoms with van der Waals surface area (Å²) in [6.45, 7) is 1.24. The zero-order valence-electron chi connectivity index (χ0n) is 20.5. The molecule has 3 heterocycles. The molecule has 0 spiro atoms. The number of hydrogen-bond acceptors (Lipinski definition) is 8. The van der Waals surface area contributed by atoms with Crippen LogP contribution in [-0.2, 0) is 23.0 Å². The Bertz CT molecular complexity index is 1650. The molecular weight excluding hydrogens is 544 g/mol. The molecule has 5 aromatic rings. The minimum absolute atomic E-state index is 0.183. The van der Waals surface area contributed by atoms with E-state index in [0.29, 0.717) is 23.6 Å². The Morgan fingerprint density at radius 3 is 2.66 bits per heavy atom. The highest BCUT2D eigenvalue weighted by molar-refractivity contribution is 7.89. The van der Waals surface area contributed by atoms with Crippen LogP contribution < -0.4 is 14.8 Å². The topological polar surface area (TPSA) is 111 Å². The minimum atomic E-state index is -3.67. The van der Waals surface area contributed by atoms with Crippen LogP contribution in [0.3, 0.4) is 0 Å². The van der Waals surface area contributed by atoms with Crippen molar-refractivity contribution in [2.45, 2.75) is 17.9 Å². The number of nitrogens with one attached hydrogen (secondary N) is 2. The van der Waals surface area contributed by atoms with Gasteiger partial charge in [0.15, 0.2) is 0 Å². The van der Waals surface area contributed by atoms with Crippen LogP contribution in [0.1, 0.15) is 5.01 Å². The second-order valence-electron chi connectivity index (χ2n) is 8.40. The lowest BCUT2D eigenvalue weighted by molar-refractivity contribution is 0.415. The molecule has 2 aromatic carbocycles. The van der Waals surface area contributed by atoms with Crippen molar-refractivity contribution in [3.05, 3.63) is 82.4 Å². The number of halogens is 1. The molecule has 5 rings (SSSR count). The summed E-state index contributed by atoms with van der Waals surface area (Å²) in [7, 11) is -2.02. The van der Waals surface area contributed by atoms with Crippen molar-refractivity contribution in [1.82, 2.24) is 24.5 Å². The van der Waals surface area contributed by atoms with Gasteiger partial charge in [-0.05, 0) is 54.6 Å². The van der Waals surface area contributed by atoms with Crippen LogP contribution in [0.15, 0.2) is 77.3 Å². The number of rotatable bonds is 11. The maximum Gasteiger partial charge on any atom is 0.240 e. The second-order valence-corrected chi connectivity index (χ2v) is 11.5. The van der Waals surface area contributed by atoms with Gasteiger partial charge in [0, 0.05) is 42.0 Å². The molecule has 38 heavy (non-hydrogen) atoms. The van der Waals surface area contributed by atoms with Crippen molar-refractivity contribution >= 4 is 49.7 Å². The fourth-order valence-corrected chi connectivity index (χ4v) is 5.85. The van der Waals surface area contributed by atoms with Crippen molar-refractivity contribution in [2.24, 2.45) is 0 Å². The van der Waals surface area contributed by atoms with E-state index in [9.17, 15) is 8.42 Å². The first-order valence-electron chi connectivity index (χ1n) is 11.8. The van der Waals surface area contributed by atoms with Gasteiger partial charge in [0.25, 0.3) is 0 Å². The first kappa shape index (κ1) is 26.1. The highest BCUT2D eigenvalue weighted by atomic mass is 35.5. The van der Waals surface area contributed by atoms with E-state index >= 15 is 0 Å². The largest absolute Gasteiger partial charge is 0.497 e. The molecule has 0 bridgehead atoms. The molecule has 0 unspecified atom stereocenters. The first-order valence-corrected chi connectivity index (χ1v) is 14.5. The van der Waals surface area contributed by atoms with Gasteiger partial charge in [-0.25, -0.2) is 23.1 Å². The summed E-state index contributed by atoms with van der Waals surface area (Å²) in [6.07, 6.45) is 3.91. The van der Waals surface area contributed by atoms with Crippen LogP contribution in [0.25, 0.3) is 22.2 Å². The average molecular weight is 569 g/mol. The fraction of sp³-hybridized carbons (Fsp3) is 0.192. The van der Waals surface area contributed by atoms with E-state index in [2.05, 4.69) is 25.5 Å². The Kier molecular flexibility index (Phi) is 7.89. The Morgan fingerprint density at radius 1 is 1.05 bits per heavy atom. The van der Waals surface area contributed by atoms with E-state index in [0.717, 1.165) is 39.6 Å². The van der Waals surface area contributed by atoms with Gasteiger partial charge < -0.3 is 10.1 Å². The zero-order chi connectivity index (χ0) is 26.5. The van der Waals surface area contributed by atoms with Crippen molar-refractivity contribution in [1.29, 1.82) is 0 Å². The van der Waals surface area contributed by atoms with Gasteiger partial charge in [0.2, 0.25) is 10.0 Å². The van der Waals surface area contributed by atoms with E-state index in [4.69, 9.17) is 21.3 Å². The smallest absolute Gasteiger partial charge is 0.240 e. The SMILES string of the molecule is COc1ccc(-c2csc(CCNc3ccc4cc(S(=O)(=O)NCCn5cc(Cl)cn5)ccc4n3)n2)cc1. The number of pyridine rings is 1. The predicted octanol–water partition coefficient (Wildman–Crippen LogP) is 4.85. The lowest BCUT2D eigenvalue weighted by Crippen LogP contribution is -2.27. The van der Waals surface area contributed by atoms with E-state index in [1.807, 2.05) is 36.4 Å². The van der Waals surface area contributed by atoms with Crippen LogP contribution in [-0.4, -0.2) is 48.4 Å². The Labute approximate surface area is 229 Å². The molecule has 0 saturated heterocycles. The van der Waals surface area contributed by atoms with E-state index in [1.54, 1.807) is 47.5 Å². The number of anilines is 1. The van der Waals surface area contributed by atoms with Gasteiger partial charge >= 0.3 is 0 Å². The van der Waals surface area contributed by atoms with Gasteiger partial charge in [-0.2, -0.15) is 5.10 Å². The van der Waals surface area contributed by atoms with Crippen LogP contribution in [0.2, 0.25) is 5.02 Å². The Balaban J connectivity index is 1.16. The molecule has 0 radical (unpaired) electrons. The number of sulfonamides is 1. The Morgan fingerprint density at radius 2 is 1.89 bits per heavy atom. The number of aromatic nitrogens is 4. The maximum atomic E-state index is 12.7. The summed E-state index contributed by atoms with van der Waals surface area (Å²) >= 11 is 7.46. The summed E-state index contributed by atoms with van der Waals surface area (Å²) in [5.41, 5.74) is 2.70. The fourth-order valence-electron chi connectivity index (χ4n) is 3.83. The highest BCUT2D eigenvalue weighted by Gasteiger charge is 2.14. The third kappa shape index (κ3) is 6.30. The standard InChI is InChI=1S/C26H25ClN6O3S2/c1-36-21-5-2-18(3-6-21)24-17-37-26(32-24)10-11-28-25-9-4-19-14-22(7-8-23(19)31-25)38(34,35)30-12-13-33-16-20(27)15-29-33/h2-9,14-17,30H,10-13H2,1H3,(H,28,31). The van der Waals surface area contributed by atoms with E-state index < -0.39 is 10.0 Å². The number of methoxy groups -OCH3 is 1. The molecule has 0 atom stereocenters. The normalized spacial score (nSPS) is 11.6. The molecule has 0 fully saturated rings. The Hall–Kier alpha value is -3.51. The monoisotopic (exact) mass is 568 g/mol. The van der Waals surface area contributed by atoms with Crippen molar-refractivity contribution in [3.63, 3.8) is 0 Å². The van der Waals surface area contributed by atoms with Crippen LogP contribution in [0.4, 0.5) is 5.82 Å². The molecule has 0 amide bonds. The number of nitrogens with zero attached hydrogens (tertiary/aromatic N) is 4. The van der Waals surface area contributed by atoms with Crippen molar-refractivity contribution in [3.8, 4) is 17.0 Å². The van der Waals surface area contributed by atoms with Gasteiger partial charge in [0.1, 0.15) is 11.6 Å². The van der Waals surface area contributed by atoms with Crippen LogP contribution >= 0.6 is 22.9 Å². The third-order valence-corrected chi connectivity index (χ3v) is 8.35. The lowest BCUT2D eigenvalue weighted by atomic mass is 10.2. The van der Waals surface area contributed by atoms with Gasteiger partial charge in [0.05, 0.1) is 46.0 Å². The highest BCUT2D eigenvalue weighted by Crippen LogP contribution is 2.25. The van der Waals surface area contributed by atoms with Crippen LogP contribution in [0.5, 0.6) is 5.75 Å². The maximum absolute atomic E-state index is 12.7. The van der Waals surface area contributed by atoms with E-state index in [1.165, 1.54) is 6.20 Å². The van der Waals surface area contributed by atoms with Crippen molar-refractivity contribution in [2.75, 3.05) is 25.5 Å². The molecule has 0 aliphatic carbocycles. The number of hydrogen-bond donors (Lipinski definition) is 2. The molecule has 196 valence electrons. The number of thiazole rings is 1. The lowest BCUT2D eigenvalue weighted by Gasteiger charge is -2.09. The average Bonchev–Trinajstić information content (AvgIpc) is 3.57. The summed E-state index contributed by atoms with van der Waals surface area (Å²) < 4.78 is 34.8. The summed E-state index contributed by atoms with van der Waals surface area (Å²) in [6, 6.07) is 16.4. The van der Waals surface area contributed by atoms with Gasteiger partial charge in [-0.15, -0.1) is 11.3 Å². The summed E-state index contributed by atoms with van der Waals surface area (Å²) in [5.74, 6) is 1.54. The molecule has 12 heteroatoms. The number of ether oxygens (including phenoxy) is 1. The predicted molar refractivity (Wildman–Crippen MR) is 150 cm³/mol.